The topological polar surface area (TPSA) is 38.0 Å². The van der Waals surface area contributed by atoms with Gasteiger partial charge in [0, 0.05) is 22.1 Å². The molecule has 0 spiro atoms. The fraction of sp³-hybridized carbons (Fsp3) is 0.0769. The predicted molar refractivity (Wildman–Crippen MR) is 70.2 cm³/mol. The Morgan fingerprint density at radius 1 is 1.06 bits per heavy atom. The maximum absolute atomic E-state index is 13.2. The third-order valence-corrected chi connectivity index (χ3v) is 2.77. The molecule has 2 nitrogen and oxygen atoms in total. The van der Waals surface area contributed by atoms with Crippen molar-refractivity contribution >= 4 is 28.7 Å². The monoisotopic (exact) mass is 268 g/mol. The van der Waals surface area contributed by atoms with E-state index < -0.39 is 11.6 Å². The van der Waals surface area contributed by atoms with Gasteiger partial charge in [-0.2, -0.15) is 0 Å². The largest absolute Gasteiger partial charge is 0.398 e. The molecule has 0 bridgehead atoms. The summed E-state index contributed by atoms with van der Waals surface area (Å²) in [4.78, 5) is 0. The molecule has 0 fully saturated rings. The maximum Gasteiger partial charge on any atom is 0.127 e. The van der Waals surface area contributed by atoms with Crippen LogP contribution in [0.4, 0.5) is 25.8 Å². The zero-order valence-electron chi connectivity index (χ0n) is 9.60. The van der Waals surface area contributed by atoms with Crippen molar-refractivity contribution in [3.63, 3.8) is 0 Å². The number of halogens is 3. The molecule has 0 radical (unpaired) electrons. The molecular weight excluding hydrogens is 258 g/mol. The van der Waals surface area contributed by atoms with Crippen LogP contribution < -0.4 is 11.1 Å². The van der Waals surface area contributed by atoms with Gasteiger partial charge in [0.15, 0.2) is 0 Å². The summed E-state index contributed by atoms with van der Waals surface area (Å²) in [7, 11) is 0. The first kappa shape index (κ1) is 12.6. The Morgan fingerprint density at radius 3 is 2.39 bits per heavy atom. The summed E-state index contributed by atoms with van der Waals surface area (Å²) in [5.74, 6) is -0.921. The van der Waals surface area contributed by atoms with Crippen LogP contribution in [0.5, 0.6) is 0 Å². The Morgan fingerprint density at radius 2 is 1.72 bits per heavy atom. The lowest BCUT2D eigenvalue weighted by atomic mass is 10.1. The van der Waals surface area contributed by atoms with Gasteiger partial charge in [0.25, 0.3) is 0 Å². The number of nitrogens with one attached hydrogen (secondary N) is 1. The van der Waals surface area contributed by atoms with E-state index in [1.807, 2.05) is 0 Å². The van der Waals surface area contributed by atoms with Crippen LogP contribution in [0.1, 0.15) is 5.56 Å². The van der Waals surface area contributed by atoms with E-state index in [9.17, 15) is 8.78 Å². The Balaban J connectivity index is 2.39. The molecule has 3 N–H and O–H groups in total. The zero-order valence-corrected chi connectivity index (χ0v) is 10.4. The zero-order chi connectivity index (χ0) is 13.3. The van der Waals surface area contributed by atoms with Gasteiger partial charge in [-0.1, -0.05) is 11.6 Å². The van der Waals surface area contributed by atoms with Crippen molar-refractivity contribution < 1.29 is 8.78 Å². The molecule has 0 heterocycles. The third kappa shape index (κ3) is 2.71. The number of hydrogen-bond acceptors (Lipinski definition) is 2. The second kappa shape index (κ2) is 4.82. The predicted octanol–water partition coefficient (Wildman–Crippen LogP) is 4.25. The summed E-state index contributed by atoms with van der Waals surface area (Å²) >= 11 is 5.74. The van der Waals surface area contributed by atoms with Crippen LogP contribution in [0.2, 0.25) is 5.02 Å². The molecule has 0 aromatic heterocycles. The summed E-state index contributed by atoms with van der Waals surface area (Å²) in [5, 5.41) is 3.15. The van der Waals surface area contributed by atoms with E-state index in [1.165, 1.54) is 24.3 Å². The van der Waals surface area contributed by atoms with Gasteiger partial charge >= 0.3 is 0 Å². The van der Waals surface area contributed by atoms with Crippen molar-refractivity contribution in [1.29, 1.82) is 0 Å². The number of nitrogen functional groups attached to an aromatic ring is 1. The Labute approximate surface area is 108 Å². The van der Waals surface area contributed by atoms with Crippen molar-refractivity contribution in [2.75, 3.05) is 11.1 Å². The first-order valence-corrected chi connectivity index (χ1v) is 5.62. The second-order valence-corrected chi connectivity index (χ2v) is 4.39. The molecule has 0 unspecified atom stereocenters. The molecule has 0 saturated carbocycles. The number of nitrogens with two attached hydrogens (primary N) is 1. The minimum absolute atomic E-state index is 0.263. The molecule has 0 aliphatic carbocycles. The van der Waals surface area contributed by atoms with Gasteiger partial charge in [-0.15, -0.1) is 0 Å². The van der Waals surface area contributed by atoms with Crippen molar-refractivity contribution in [2.24, 2.45) is 0 Å². The molecule has 0 saturated heterocycles. The smallest absolute Gasteiger partial charge is 0.127 e. The fourth-order valence-corrected chi connectivity index (χ4v) is 1.83. The summed E-state index contributed by atoms with van der Waals surface area (Å²) in [6.07, 6.45) is 0. The Kier molecular flexibility index (Phi) is 3.39. The van der Waals surface area contributed by atoms with Crippen LogP contribution >= 0.6 is 11.6 Å². The van der Waals surface area contributed by atoms with Gasteiger partial charge in [0.2, 0.25) is 0 Å². The fourth-order valence-electron chi connectivity index (χ4n) is 1.61. The molecule has 0 aliphatic heterocycles. The lowest BCUT2D eigenvalue weighted by molar-refractivity contribution is 0.628. The summed E-state index contributed by atoms with van der Waals surface area (Å²) in [5.41, 5.74) is 7.60. The van der Waals surface area contributed by atoms with Crippen LogP contribution in [-0.2, 0) is 0 Å². The molecule has 18 heavy (non-hydrogen) atoms. The van der Waals surface area contributed by atoms with Crippen LogP contribution in [0.3, 0.4) is 0 Å². The van der Waals surface area contributed by atoms with E-state index in [4.69, 9.17) is 17.3 Å². The van der Waals surface area contributed by atoms with Crippen molar-refractivity contribution in [3.8, 4) is 0 Å². The number of anilines is 3. The van der Waals surface area contributed by atoms with Crippen LogP contribution in [-0.4, -0.2) is 0 Å². The van der Waals surface area contributed by atoms with Crippen LogP contribution in [0.25, 0.3) is 0 Å². The highest BCUT2D eigenvalue weighted by Gasteiger charge is 2.06. The Hall–Kier alpha value is -1.81. The lowest BCUT2D eigenvalue weighted by Gasteiger charge is -2.12. The van der Waals surface area contributed by atoms with E-state index >= 15 is 0 Å². The lowest BCUT2D eigenvalue weighted by Crippen LogP contribution is -1.99. The Bertz CT molecular complexity index is 580. The number of benzene rings is 2. The highest BCUT2D eigenvalue weighted by Crippen LogP contribution is 2.27. The maximum atomic E-state index is 13.2. The average Bonchev–Trinajstić information content (AvgIpc) is 2.23. The molecule has 94 valence electrons. The highest BCUT2D eigenvalue weighted by molar-refractivity contribution is 6.30. The summed E-state index contributed by atoms with van der Waals surface area (Å²) < 4.78 is 26.4. The minimum atomic E-state index is -0.466. The van der Waals surface area contributed by atoms with Gasteiger partial charge in [0.05, 0.1) is 0 Å². The van der Waals surface area contributed by atoms with E-state index in [2.05, 4.69) is 5.32 Å². The highest BCUT2D eigenvalue weighted by atomic mass is 35.5. The van der Waals surface area contributed by atoms with Gasteiger partial charge in [0.1, 0.15) is 11.6 Å². The molecule has 0 amide bonds. The van der Waals surface area contributed by atoms with Gasteiger partial charge in [-0.25, -0.2) is 8.78 Å². The van der Waals surface area contributed by atoms with Gasteiger partial charge < -0.3 is 11.1 Å². The standard InChI is InChI=1S/C13H11ClF2N2/c1-7-12(17)5-10(16)6-13(7)18-11-3-8(14)2-9(15)4-11/h2-6,18H,17H2,1H3. The van der Waals surface area contributed by atoms with Crippen LogP contribution in [0, 0.1) is 18.6 Å². The second-order valence-electron chi connectivity index (χ2n) is 3.95. The quantitative estimate of drug-likeness (QED) is 0.799. The van der Waals surface area contributed by atoms with Gasteiger partial charge in [-0.3, -0.25) is 0 Å². The average molecular weight is 269 g/mol. The minimum Gasteiger partial charge on any atom is -0.398 e. The molecule has 2 aromatic carbocycles. The van der Waals surface area contributed by atoms with Crippen molar-refractivity contribution in [1.82, 2.24) is 0 Å². The molecular formula is C13H11ClF2N2. The molecule has 0 aliphatic rings. The first-order chi connectivity index (χ1) is 8.45. The van der Waals surface area contributed by atoms with E-state index in [-0.39, 0.29) is 5.02 Å². The SMILES string of the molecule is Cc1c(N)cc(F)cc1Nc1cc(F)cc(Cl)c1. The summed E-state index contributed by atoms with van der Waals surface area (Å²) in [6, 6.07) is 6.54. The van der Waals surface area contributed by atoms with E-state index in [0.717, 1.165) is 0 Å². The van der Waals surface area contributed by atoms with Crippen molar-refractivity contribution in [3.05, 3.63) is 52.6 Å². The molecule has 5 heteroatoms. The van der Waals surface area contributed by atoms with Crippen molar-refractivity contribution in [2.45, 2.75) is 6.92 Å². The molecule has 0 atom stereocenters. The first-order valence-electron chi connectivity index (χ1n) is 5.24. The third-order valence-electron chi connectivity index (χ3n) is 2.55. The molecule has 2 aromatic rings. The van der Waals surface area contributed by atoms with E-state index in [1.54, 1.807) is 13.0 Å². The van der Waals surface area contributed by atoms with E-state index in [0.29, 0.717) is 22.6 Å². The normalized spacial score (nSPS) is 10.4. The number of hydrogen-bond donors (Lipinski definition) is 2. The van der Waals surface area contributed by atoms with Crippen LogP contribution in [0.15, 0.2) is 30.3 Å². The number of rotatable bonds is 2. The summed E-state index contributed by atoms with van der Waals surface area (Å²) in [6.45, 7) is 1.75. The molecule has 2 rings (SSSR count). The van der Waals surface area contributed by atoms with Gasteiger partial charge in [-0.05, 0) is 42.8 Å².